The molecular weight excluding hydrogens is 432 g/mol. The normalized spacial score (nSPS) is 13.5. The number of benzene rings is 1. The van der Waals surface area contributed by atoms with Crippen LogP contribution in [-0.4, -0.2) is 49.4 Å². The average Bonchev–Trinajstić information content (AvgIpc) is 3.15. The van der Waals surface area contributed by atoms with Gasteiger partial charge in [-0.05, 0) is 38.3 Å². The summed E-state index contributed by atoms with van der Waals surface area (Å²) in [5.41, 5.74) is 9.05. The van der Waals surface area contributed by atoms with Crippen molar-refractivity contribution in [2.45, 2.75) is 45.7 Å². The Kier molecular flexibility index (Phi) is 7.66. The number of nitrogens with two attached hydrogens (primary N) is 1. The van der Waals surface area contributed by atoms with Crippen molar-refractivity contribution in [1.29, 1.82) is 0 Å². The maximum atomic E-state index is 13.0. The largest absolute Gasteiger partial charge is 0.396 e. The van der Waals surface area contributed by atoms with Crippen molar-refractivity contribution < 1.29 is 15.0 Å². The third-order valence-corrected chi connectivity index (χ3v) is 5.96. The second kappa shape index (κ2) is 10.5. The molecule has 0 spiro atoms. The van der Waals surface area contributed by atoms with Gasteiger partial charge in [-0.25, -0.2) is 14.8 Å². The van der Waals surface area contributed by atoms with Crippen molar-refractivity contribution in [1.82, 2.24) is 19.9 Å². The molecule has 1 aromatic carbocycles. The number of rotatable bonds is 9. The van der Waals surface area contributed by atoms with E-state index in [1.165, 1.54) is 12.4 Å². The summed E-state index contributed by atoms with van der Waals surface area (Å²) in [4.78, 5) is 25.1. The van der Waals surface area contributed by atoms with Crippen LogP contribution in [0.2, 0.25) is 0 Å². The van der Waals surface area contributed by atoms with Crippen molar-refractivity contribution in [2.24, 2.45) is 0 Å². The molecule has 9 heteroatoms. The minimum Gasteiger partial charge on any atom is -0.396 e. The molecule has 5 N–H and O–H groups in total. The summed E-state index contributed by atoms with van der Waals surface area (Å²) in [6, 6.07) is 7.83. The van der Waals surface area contributed by atoms with Crippen LogP contribution in [0.1, 0.15) is 37.9 Å². The maximum absolute atomic E-state index is 13.0. The highest BCUT2D eigenvalue weighted by Crippen LogP contribution is 2.38. The Hall–Kier alpha value is -3.74. The van der Waals surface area contributed by atoms with E-state index in [1.54, 1.807) is 6.92 Å². The summed E-state index contributed by atoms with van der Waals surface area (Å²) >= 11 is 0. The number of hydrogen-bond donors (Lipinski definition) is 4. The topological polar surface area (TPSA) is 131 Å². The molecule has 0 aliphatic carbocycles. The lowest BCUT2D eigenvalue weighted by Crippen LogP contribution is -2.48. The summed E-state index contributed by atoms with van der Waals surface area (Å²) in [7, 11) is 0. The van der Waals surface area contributed by atoms with E-state index in [0.29, 0.717) is 41.7 Å². The van der Waals surface area contributed by atoms with Crippen molar-refractivity contribution in [3.05, 3.63) is 59.0 Å². The first kappa shape index (κ1) is 24.9. The van der Waals surface area contributed by atoms with Gasteiger partial charge >= 0.3 is 0 Å². The molecule has 9 nitrogen and oxygen atoms in total. The van der Waals surface area contributed by atoms with Crippen LogP contribution in [0, 0.1) is 13.5 Å². The molecule has 1 atom stereocenters. The monoisotopic (exact) mass is 462 g/mol. The number of hydrogen-bond acceptors (Lipinski definition) is 6. The van der Waals surface area contributed by atoms with Crippen LogP contribution in [0.15, 0.2) is 36.3 Å². The predicted octanol–water partition coefficient (Wildman–Crippen LogP) is 2.91. The zero-order chi connectivity index (χ0) is 24.9. The van der Waals surface area contributed by atoms with Gasteiger partial charge in [0.25, 0.3) is 11.6 Å². The number of nitrogens with zero attached hydrogens (tertiary/aromatic N) is 4. The average molecular weight is 463 g/mol. The van der Waals surface area contributed by atoms with Crippen molar-refractivity contribution in [3.63, 3.8) is 0 Å². The lowest BCUT2D eigenvalue weighted by molar-refractivity contribution is -0.119. The van der Waals surface area contributed by atoms with E-state index in [4.69, 9.17) is 12.3 Å². The van der Waals surface area contributed by atoms with E-state index in [-0.39, 0.29) is 24.7 Å². The SMILES string of the molecule is [C-]#[N+]/C(=C\c1c(-c2ccc(C)cc2)c2c(N)ncnc2n1CCCO)C(=O)NC(C)(CC)CO. The zero-order valence-electron chi connectivity index (χ0n) is 19.7. The Morgan fingerprint density at radius 3 is 2.59 bits per heavy atom. The van der Waals surface area contributed by atoms with Crippen LogP contribution in [0.3, 0.4) is 0 Å². The van der Waals surface area contributed by atoms with E-state index >= 15 is 0 Å². The van der Waals surface area contributed by atoms with Crippen LogP contribution in [-0.2, 0) is 11.3 Å². The molecule has 34 heavy (non-hydrogen) atoms. The van der Waals surface area contributed by atoms with Gasteiger partial charge in [0, 0.05) is 24.4 Å². The van der Waals surface area contributed by atoms with Crippen LogP contribution in [0.25, 0.3) is 33.1 Å². The van der Waals surface area contributed by atoms with Crippen LogP contribution in [0.4, 0.5) is 5.82 Å². The molecule has 0 radical (unpaired) electrons. The Balaban J connectivity index is 2.30. The number of nitrogen functional groups attached to an aromatic ring is 1. The molecule has 0 fully saturated rings. The highest BCUT2D eigenvalue weighted by Gasteiger charge is 2.27. The number of amides is 1. The number of aromatic nitrogens is 3. The van der Waals surface area contributed by atoms with Crippen molar-refractivity contribution in [3.8, 4) is 11.1 Å². The fraction of sp³-hybridized carbons (Fsp3) is 0.360. The fourth-order valence-corrected chi connectivity index (χ4v) is 3.68. The van der Waals surface area contributed by atoms with Gasteiger partial charge in [0.1, 0.15) is 17.8 Å². The van der Waals surface area contributed by atoms with Crippen LogP contribution in [0.5, 0.6) is 0 Å². The fourth-order valence-electron chi connectivity index (χ4n) is 3.68. The number of fused-ring (bicyclic) bond motifs is 1. The smallest absolute Gasteiger partial charge is 0.252 e. The molecule has 0 aliphatic heterocycles. The Bertz CT molecular complexity index is 1250. The standard InChI is InChI=1S/C25H30N6O3/c1-5-25(3,14-33)30-24(34)18(27-4)13-19-20(17-9-7-16(2)8-10-17)21-22(26)28-15-29-23(21)31(19)11-6-12-32/h7-10,13,15,32-33H,5-6,11-12,14H2,1-3H3,(H,30,34)(H2,26,28,29)/b18-13-. The predicted molar refractivity (Wildman–Crippen MR) is 132 cm³/mol. The Morgan fingerprint density at radius 1 is 1.29 bits per heavy atom. The van der Waals surface area contributed by atoms with Gasteiger partial charge in [-0.2, -0.15) is 0 Å². The highest BCUT2D eigenvalue weighted by atomic mass is 16.3. The molecule has 0 aliphatic rings. The van der Waals surface area contributed by atoms with Crippen molar-refractivity contribution >= 4 is 28.8 Å². The van der Waals surface area contributed by atoms with E-state index < -0.39 is 11.4 Å². The molecule has 1 amide bonds. The number of aryl methyl sites for hydroxylation is 2. The van der Waals surface area contributed by atoms with Crippen LogP contribution < -0.4 is 11.1 Å². The highest BCUT2D eigenvalue weighted by molar-refractivity contribution is 6.07. The quantitative estimate of drug-likeness (QED) is 0.286. The molecule has 3 rings (SSSR count). The van der Waals surface area contributed by atoms with Gasteiger partial charge in [0.15, 0.2) is 0 Å². The molecule has 178 valence electrons. The second-order valence-electron chi connectivity index (χ2n) is 8.48. The minimum atomic E-state index is -0.847. The second-order valence-corrected chi connectivity index (χ2v) is 8.48. The third-order valence-electron chi connectivity index (χ3n) is 5.96. The van der Waals surface area contributed by atoms with E-state index in [0.717, 1.165) is 11.1 Å². The lowest BCUT2D eigenvalue weighted by atomic mass is 9.99. The van der Waals surface area contributed by atoms with E-state index in [9.17, 15) is 15.0 Å². The molecule has 1 unspecified atom stereocenters. The number of carbonyl (C=O) groups is 1. The Morgan fingerprint density at radius 2 is 2.00 bits per heavy atom. The first-order valence-corrected chi connectivity index (χ1v) is 11.1. The summed E-state index contributed by atoms with van der Waals surface area (Å²) in [5.74, 6) is -0.299. The summed E-state index contributed by atoms with van der Waals surface area (Å²) < 4.78 is 1.85. The number of aliphatic hydroxyl groups excluding tert-OH is 2. The van der Waals surface area contributed by atoms with Gasteiger partial charge < -0.3 is 25.8 Å². The first-order valence-electron chi connectivity index (χ1n) is 11.1. The molecule has 2 heterocycles. The number of carbonyl (C=O) groups excluding carboxylic acids is 1. The van der Waals surface area contributed by atoms with E-state index in [1.807, 2.05) is 42.7 Å². The maximum Gasteiger partial charge on any atom is 0.252 e. The van der Waals surface area contributed by atoms with E-state index in [2.05, 4.69) is 20.1 Å². The number of nitrogens with one attached hydrogen (secondary N) is 1. The molecule has 0 saturated carbocycles. The number of aliphatic hydroxyl groups is 2. The zero-order valence-corrected chi connectivity index (χ0v) is 19.7. The Labute approximate surface area is 198 Å². The first-order chi connectivity index (χ1) is 16.3. The molecule has 0 saturated heterocycles. The van der Waals surface area contributed by atoms with Gasteiger partial charge in [-0.3, -0.25) is 4.79 Å². The molecule has 2 aromatic heterocycles. The molecular formula is C25H30N6O3. The number of anilines is 1. The third kappa shape index (κ3) is 4.93. The van der Waals surface area contributed by atoms with Gasteiger partial charge in [-0.15, -0.1) is 0 Å². The van der Waals surface area contributed by atoms with Crippen molar-refractivity contribution in [2.75, 3.05) is 18.9 Å². The summed E-state index contributed by atoms with van der Waals surface area (Å²) in [6.07, 6.45) is 3.83. The summed E-state index contributed by atoms with van der Waals surface area (Å²) in [6.45, 7) is 13.3. The summed E-state index contributed by atoms with van der Waals surface area (Å²) in [5, 5.41) is 22.6. The van der Waals surface area contributed by atoms with Gasteiger partial charge in [-0.1, -0.05) is 36.8 Å². The van der Waals surface area contributed by atoms with Gasteiger partial charge in [0.2, 0.25) is 0 Å². The molecule has 3 aromatic rings. The minimum absolute atomic E-state index is 0.0369. The van der Waals surface area contributed by atoms with Gasteiger partial charge in [0.05, 0.1) is 24.1 Å². The van der Waals surface area contributed by atoms with Crippen LogP contribution >= 0.6 is 0 Å². The molecule has 0 bridgehead atoms. The lowest BCUT2D eigenvalue weighted by Gasteiger charge is -2.27.